The van der Waals surface area contributed by atoms with E-state index in [0.717, 1.165) is 30.4 Å². The second-order valence-electron chi connectivity index (χ2n) is 10.4. The molecule has 0 spiro atoms. The number of aryl methyl sites for hydroxylation is 1. The van der Waals surface area contributed by atoms with Crippen molar-refractivity contribution in [3.05, 3.63) is 75.5 Å². The Morgan fingerprint density at radius 1 is 1.16 bits per heavy atom. The molecule has 0 radical (unpaired) electrons. The largest absolute Gasteiger partial charge is 0.453 e. The fourth-order valence-electron chi connectivity index (χ4n) is 5.13. The van der Waals surface area contributed by atoms with Crippen molar-refractivity contribution in [2.45, 2.75) is 51.7 Å². The van der Waals surface area contributed by atoms with E-state index in [1.165, 1.54) is 36.9 Å². The van der Waals surface area contributed by atoms with Crippen LogP contribution in [0.4, 0.5) is 18.9 Å². The number of hydrogen-bond acceptors (Lipinski definition) is 8. The predicted octanol–water partition coefficient (Wildman–Crippen LogP) is 4.72. The lowest BCUT2D eigenvalue weighted by atomic mass is 9.89. The summed E-state index contributed by atoms with van der Waals surface area (Å²) in [7, 11) is 0. The van der Waals surface area contributed by atoms with Gasteiger partial charge in [-0.3, -0.25) is 9.59 Å². The Kier molecular flexibility index (Phi) is 8.91. The number of carbonyl (C=O) groups is 2. The molecule has 1 aromatic carbocycles. The molecule has 1 aliphatic carbocycles. The van der Waals surface area contributed by atoms with Gasteiger partial charge in [0.2, 0.25) is 0 Å². The molecule has 3 aromatic heterocycles. The second-order valence-corrected chi connectivity index (χ2v) is 10.8. The monoisotopic (exact) mass is 626 g/mol. The molecule has 16 heteroatoms. The smallest absolute Gasteiger partial charge is 0.352 e. The standard InChI is InChI=1S/C28H26ClF3N10O2/c1-16-10-18(13-33)11-20(25(43)35-14-17-6-3-2-4-7-17)23(16)36-26(44)22-12-19(15-41-27(28(30,31)32)37-39-40-41)38-42(22)24-21(29)8-5-9-34-24/h5,8-12,17H,2-4,6-7,14-15H2,1H3,(H,35,43)(H,36,44). The molecule has 5 rings (SSSR count). The number of pyridine rings is 1. The zero-order valence-corrected chi connectivity index (χ0v) is 24.2. The SMILES string of the molecule is Cc1cc(C#N)cc(C(=O)NCC2CCCCC2)c1NC(=O)c1cc(Cn2nnnc2C(F)(F)F)nn1-c1ncccc1Cl. The Hall–Kier alpha value is -4.84. The van der Waals surface area contributed by atoms with Crippen LogP contribution >= 0.6 is 11.6 Å². The van der Waals surface area contributed by atoms with Crippen molar-refractivity contribution in [2.24, 2.45) is 5.92 Å². The number of aromatic nitrogens is 7. The van der Waals surface area contributed by atoms with Gasteiger partial charge in [-0.05, 0) is 72.0 Å². The fourth-order valence-corrected chi connectivity index (χ4v) is 5.33. The van der Waals surface area contributed by atoms with Crippen molar-refractivity contribution in [1.29, 1.82) is 5.26 Å². The number of halogens is 4. The summed E-state index contributed by atoms with van der Waals surface area (Å²) in [6, 6.07) is 9.28. The van der Waals surface area contributed by atoms with Gasteiger partial charge in [0.25, 0.3) is 17.6 Å². The van der Waals surface area contributed by atoms with Crippen molar-refractivity contribution < 1.29 is 22.8 Å². The van der Waals surface area contributed by atoms with Crippen LogP contribution in [0.15, 0.2) is 36.5 Å². The molecule has 0 atom stereocenters. The summed E-state index contributed by atoms with van der Waals surface area (Å²) in [6.07, 6.45) is 1.99. The highest BCUT2D eigenvalue weighted by molar-refractivity contribution is 6.32. The van der Waals surface area contributed by atoms with Crippen LogP contribution in [0.5, 0.6) is 0 Å². The van der Waals surface area contributed by atoms with E-state index in [1.54, 1.807) is 13.0 Å². The van der Waals surface area contributed by atoms with Gasteiger partial charge < -0.3 is 10.6 Å². The summed E-state index contributed by atoms with van der Waals surface area (Å²) in [5, 5.41) is 29.2. The van der Waals surface area contributed by atoms with Crippen LogP contribution in [0.1, 0.15) is 75.6 Å². The number of anilines is 1. The van der Waals surface area contributed by atoms with E-state index in [2.05, 4.69) is 36.2 Å². The number of rotatable bonds is 8. The third-order valence-corrected chi connectivity index (χ3v) is 7.55. The molecule has 12 nitrogen and oxygen atoms in total. The van der Waals surface area contributed by atoms with E-state index in [4.69, 9.17) is 11.6 Å². The number of nitrogens with zero attached hydrogens (tertiary/aromatic N) is 8. The molecule has 44 heavy (non-hydrogen) atoms. The van der Waals surface area contributed by atoms with Crippen molar-refractivity contribution in [3.63, 3.8) is 0 Å². The summed E-state index contributed by atoms with van der Waals surface area (Å²) in [5.74, 6) is -2.16. The predicted molar refractivity (Wildman–Crippen MR) is 151 cm³/mol. The highest BCUT2D eigenvalue weighted by Gasteiger charge is 2.38. The molecule has 1 fully saturated rings. The zero-order valence-electron chi connectivity index (χ0n) is 23.4. The lowest BCUT2D eigenvalue weighted by molar-refractivity contribution is -0.147. The minimum atomic E-state index is -4.82. The van der Waals surface area contributed by atoms with Gasteiger partial charge in [-0.1, -0.05) is 30.9 Å². The minimum absolute atomic E-state index is 0.00308. The van der Waals surface area contributed by atoms with Crippen LogP contribution in [-0.4, -0.2) is 53.3 Å². The van der Waals surface area contributed by atoms with Gasteiger partial charge in [0.05, 0.1) is 40.1 Å². The summed E-state index contributed by atoms with van der Waals surface area (Å²) < 4.78 is 41.7. The second kappa shape index (κ2) is 12.8. The van der Waals surface area contributed by atoms with E-state index in [0.29, 0.717) is 22.7 Å². The zero-order chi connectivity index (χ0) is 31.4. The average Bonchev–Trinajstić information content (AvgIpc) is 3.65. The molecule has 0 unspecified atom stereocenters. The van der Waals surface area contributed by atoms with E-state index in [9.17, 15) is 28.0 Å². The fraction of sp³-hybridized carbons (Fsp3) is 0.357. The third kappa shape index (κ3) is 6.70. The number of nitrogens with one attached hydrogen (secondary N) is 2. The van der Waals surface area contributed by atoms with Crippen LogP contribution in [0, 0.1) is 24.2 Å². The van der Waals surface area contributed by atoms with Crippen molar-refractivity contribution in [2.75, 3.05) is 11.9 Å². The van der Waals surface area contributed by atoms with E-state index >= 15 is 0 Å². The van der Waals surface area contributed by atoms with Crippen LogP contribution in [-0.2, 0) is 12.7 Å². The first-order valence-corrected chi connectivity index (χ1v) is 14.1. The molecule has 1 aliphatic rings. The van der Waals surface area contributed by atoms with E-state index in [-0.39, 0.29) is 39.0 Å². The van der Waals surface area contributed by atoms with Crippen LogP contribution in [0.25, 0.3) is 5.82 Å². The first kappa shape index (κ1) is 30.6. The quantitative estimate of drug-likeness (QED) is 0.285. The van der Waals surface area contributed by atoms with Crippen molar-refractivity contribution in [3.8, 4) is 11.9 Å². The Bertz CT molecular complexity index is 1740. The number of nitriles is 1. The molecule has 1 saturated carbocycles. The van der Waals surface area contributed by atoms with Gasteiger partial charge in [0, 0.05) is 12.7 Å². The average molecular weight is 627 g/mol. The van der Waals surface area contributed by atoms with Crippen LogP contribution < -0.4 is 10.6 Å². The first-order valence-electron chi connectivity index (χ1n) is 13.7. The molecule has 0 saturated heterocycles. The minimum Gasteiger partial charge on any atom is -0.352 e. The van der Waals surface area contributed by atoms with Gasteiger partial charge in [-0.25, -0.2) is 14.3 Å². The summed E-state index contributed by atoms with van der Waals surface area (Å²) >= 11 is 6.33. The molecule has 0 bridgehead atoms. The molecular weight excluding hydrogens is 601 g/mol. The number of benzene rings is 1. The van der Waals surface area contributed by atoms with Crippen LogP contribution in [0.2, 0.25) is 5.02 Å². The number of carbonyl (C=O) groups excluding carboxylic acids is 2. The highest BCUT2D eigenvalue weighted by Crippen LogP contribution is 2.29. The Morgan fingerprint density at radius 3 is 2.64 bits per heavy atom. The molecule has 228 valence electrons. The maximum atomic E-state index is 13.8. The third-order valence-electron chi connectivity index (χ3n) is 7.25. The van der Waals surface area contributed by atoms with Crippen molar-refractivity contribution >= 4 is 29.1 Å². The van der Waals surface area contributed by atoms with Gasteiger partial charge in [-0.2, -0.15) is 23.5 Å². The number of hydrogen-bond donors (Lipinski definition) is 2. The number of amides is 2. The van der Waals surface area contributed by atoms with E-state index < -0.39 is 30.4 Å². The number of tetrazole rings is 1. The highest BCUT2D eigenvalue weighted by atomic mass is 35.5. The molecular formula is C28H26ClF3N10O2. The topological polar surface area (TPSA) is 156 Å². The summed E-state index contributed by atoms with van der Waals surface area (Å²) in [6.45, 7) is 1.58. The summed E-state index contributed by atoms with van der Waals surface area (Å²) in [4.78, 5) is 31.3. The van der Waals surface area contributed by atoms with Crippen molar-refractivity contribution in [1.82, 2.24) is 40.3 Å². The molecule has 2 N–H and O–H groups in total. The van der Waals surface area contributed by atoms with Gasteiger partial charge in [-0.15, -0.1) is 5.10 Å². The van der Waals surface area contributed by atoms with Gasteiger partial charge >= 0.3 is 6.18 Å². The summed E-state index contributed by atoms with van der Waals surface area (Å²) in [5.41, 5.74) is 0.799. The Morgan fingerprint density at radius 2 is 1.93 bits per heavy atom. The maximum absolute atomic E-state index is 13.8. The van der Waals surface area contributed by atoms with Gasteiger partial charge in [0.1, 0.15) is 5.69 Å². The Labute approximate surface area is 254 Å². The molecule has 4 aromatic rings. The van der Waals surface area contributed by atoms with Crippen LogP contribution in [0.3, 0.4) is 0 Å². The lowest BCUT2D eigenvalue weighted by Gasteiger charge is -2.22. The van der Waals surface area contributed by atoms with E-state index in [1.807, 2.05) is 6.07 Å². The maximum Gasteiger partial charge on any atom is 0.453 e. The number of alkyl halides is 3. The lowest BCUT2D eigenvalue weighted by Crippen LogP contribution is -2.31. The molecule has 2 amide bonds. The molecule has 0 aliphatic heterocycles. The first-order chi connectivity index (χ1) is 21.0. The normalized spacial score (nSPS) is 13.8. The van der Waals surface area contributed by atoms with Gasteiger partial charge in [0.15, 0.2) is 5.82 Å². The molecule has 3 heterocycles. The Balaban J connectivity index is 1.49.